The van der Waals surface area contributed by atoms with Crippen molar-refractivity contribution in [3.05, 3.63) is 243 Å². The van der Waals surface area contributed by atoms with Crippen molar-refractivity contribution < 1.29 is 9.39 Å². The van der Waals surface area contributed by atoms with Crippen molar-refractivity contribution in [2.24, 2.45) is 0 Å². The monoisotopic (exact) mass is 845 g/mol. The normalized spacial score (nSPS) is 12.5. The van der Waals surface area contributed by atoms with Gasteiger partial charge < -0.3 is 14.0 Å². The molecule has 0 unspecified atom stereocenters. The highest BCUT2D eigenvalue weighted by molar-refractivity contribution is 7.19. The van der Waals surface area contributed by atoms with E-state index in [-0.39, 0.29) is 6.92 Å². The van der Waals surface area contributed by atoms with Crippen LogP contribution in [-0.4, -0.2) is 19.6 Å². The number of benzene rings is 10. The number of nitrogens with zero attached hydrogens (tertiary/aromatic N) is 1. The molecule has 11 aromatic rings. The second kappa shape index (κ2) is 15.0. The number of hydrogen-bond acceptors (Lipinski definition) is 2. The van der Waals surface area contributed by atoms with Gasteiger partial charge in [0.25, 0.3) is 0 Å². The minimum atomic E-state index is -2.76. The Morgan fingerprint density at radius 2 is 0.923 bits per heavy atom. The van der Waals surface area contributed by atoms with Gasteiger partial charge in [-0.05, 0) is 85.5 Å². The Morgan fingerprint density at radius 1 is 0.354 bits per heavy atom. The fourth-order valence-corrected chi connectivity index (χ4v) is 15.6. The van der Waals surface area contributed by atoms with E-state index in [0.29, 0.717) is 0 Å². The molecule has 0 atom stereocenters. The third-order valence-electron chi connectivity index (χ3n) is 13.6. The molecular formula is C60H40BNO2Si. The van der Waals surface area contributed by atoms with Crippen molar-refractivity contribution in [1.29, 1.82) is 0 Å². The van der Waals surface area contributed by atoms with Gasteiger partial charge in [0.05, 0.1) is 16.7 Å². The molecule has 0 saturated carbocycles. The lowest BCUT2D eigenvalue weighted by atomic mass is 9.50. The van der Waals surface area contributed by atoms with E-state index < -0.39 is 8.07 Å². The molecule has 65 heavy (non-hydrogen) atoms. The lowest BCUT2D eigenvalue weighted by molar-refractivity contribution is 0.479. The second-order valence-electron chi connectivity index (χ2n) is 17.1. The third-order valence-corrected chi connectivity index (χ3v) is 18.4. The summed E-state index contributed by atoms with van der Waals surface area (Å²) in [6.45, 7) is -0.353. The van der Waals surface area contributed by atoms with Gasteiger partial charge in [0.2, 0.25) is 0 Å². The standard InChI is InChI=1S/C60H40BNO2Si/c1-4-20-44(21-5-1)65(45-22-6-2-7-23-45,46-24-8-3-9-25-46)47-26-18-19-41(37-47)43-38-52-51-30-13-17-34-57(51)64-61-53-39-42(35-36-58(53)63-59(40-43)60(52)61)48-27-10-14-31-54(48)62-55-32-15-11-28-49(55)50-29-12-16-33-56(50)62/h1-40H. The highest BCUT2D eigenvalue weighted by atomic mass is 28.3. The fourth-order valence-electron chi connectivity index (χ4n) is 10.8. The predicted octanol–water partition coefficient (Wildman–Crippen LogP) is 10.8. The van der Waals surface area contributed by atoms with E-state index in [1.807, 2.05) is 0 Å². The minimum Gasteiger partial charge on any atom is -0.551 e. The highest BCUT2D eigenvalue weighted by Crippen LogP contribution is 2.43. The van der Waals surface area contributed by atoms with Crippen molar-refractivity contribution in [3.63, 3.8) is 0 Å². The van der Waals surface area contributed by atoms with Gasteiger partial charge in [0, 0.05) is 32.8 Å². The van der Waals surface area contributed by atoms with Crippen LogP contribution < -0.4 is 41.1 Å². The summed E-state index contributed by atoms with van der Waals surface area (Å²) in [5.41, 5.74) is 12.3. The van der Waals surface area contributed by atoms with Crippen LogP contribution in [0.1, 0.15) is 0 Å². The van der Waals surface area contributed by atoms with Crippen molar-refractivity contribution in [3.8, 4) is 56.3 Å². The highest BCUT2D eigenvalue weighted by Gasteiger charge is 2.43. The Morgan fingerprint density at radius 3 is 1.60 bits per heavy atom. The lowest BCUT2D eigenvalue weighted by Gasteiger charge is -2.35. The van der Waals surface area contributed by atoms with Crippen LogP contribution in [0, 0.1) is 0 Å². The molecule has 10 aromatic carbocycles. The van der Waals surface area contributed by atoms with Crippen LogP contribution in [0.25, 0.3) is 60.9 Å². The van der Waals surface area contributed by atoms with Crippen LogP contribution in [0.5, 0.6) is 17.2 Å². The lowest BCUT2D eigenvalue weighted by Crippen LogP contribution is -2.74. The zero-order valence-electron chi connectivity index (χ0n) is 35.4. The average Bonchev–Trinajstić information content (AvgIpc) is 3.72. The number of para-hydroxylation sites is 4. The van der Waals surface area contributed by atoms with Gasteiger partial charge in [-0.2, -0.15) is 0 Å². The van der Waals surface area contributed by atoms with Gasteiger partial charge in [0.15, 0.2) is 8.07 Å². The van der Waals surface area contributed by atoms with Crippen molar-refractivity contribution in [2.75, 3.05) is 0 Å². The Labute approximate surface area is 379 Å². The molecule has 304 valence electrons. The minimum absolute atomic E-state index is 0.353. The van der Waals surface area contributed by atoms with Crippen LogP contribution in [-0.2, 0) is 0 Å². The zero-order chi connectivity index (χ0) is 42.9. The summed E-state index contributed by atoms with van der Waals surface area (Å²) >= 11 is 0. The van der Waals surface area contributed by atoms with Crippen LogP contribution in [0.3, 0.4) is 0 Å². The van der Waals surface area contributed by atoms with E-state index in [2.05, 4.69) is 247 Å². The molecule has 0 spiro atoms. The maximum atomic E-state index is 7.05. The summed E-state index contributed by atoms with van der Waals surface area (Å²) in [7, 11) is -2.76. The second-order valence-corrected chi connectivity index (χ2v) is 20.9. The van der Waals surface area contributed by atoms with E-state index in [1.165, 1.54) is 42.6 Å². The molecule has 0 fully saturated rings. The summed E-state index contributed by atoms with van der Waals surface area (Å²) in [4.78, 5) is 0. The van der Waals surface area contributed by atoms with Gasteiger partial charge >= 0.3 is 6.92 Å². The number of aromatic nitrogens is 1. The molecule has 0 bridgehead atoms. The largest absolute Gasteiger partial charge is 0.551 e. The first-order valence-electron chi connectivity index (χ1n) is 22.4. The number of rotatable bonds is 7. The van der Waals surface area contributed by atoms with E-state index in [1.54, 1.807) is 0 Å². The fraction of sp³-hybridized carbons (Fsp3) is 0. The van der Waals surface area contributed by atoms with E-state index >= 15 is 0 Å². The predicted molar refractivity (Wildman–Crippen MR) is 273 cm³/mol. The molecule has 1 aromatic heterocycles. The first-order chi connectivity index (χ1) is 32.2. The molecule has 0 aliphatic carbocycles. The molecule has 0 radical (unpaired) electrons. The van der Waals surface area contributed by atoms with Crippen LogP contribution >= 0.6 is 0 Å². The number of fused-ring (bicyclic) bond motifs is 7. The maximum absolute atomic E-state index is 7.05. The van der Waals surface area contributed by atoms with Gasteiger partial charge in [-0.3, -0.25) is 0 Å². The van der Waals surface area contributed by atoms with Crippen molar-refractivity contribution >= 4 is 68.5 Å². The van der Waals surface area contributed by atoms with E-state index in [9.17, 15) is 0 Å². The van der Waals surface area contributed by atoms with E-state index in [4.69, 9.17) is 9.39 Å². The Kier molecular flexibility index (Phi) is 8.65. The third kappa shape index (κ3) is 5.83. The smallest absolute Gasteiger partial charge is 0.434 e. The first-order valence-corrected chi connectivity index (χ1v) is 24.4. The summed E-state index contributed by atoms with van der Waals surface area (Å²) in [6, 6.07) is 88.4. The first kappa shape index (κ1) is 37.4. The van der Waals surface area contributed by atoms with Gasteiger partial charge in [-0.25, -0.2) is 0 Å². The average molecular weight is 846 g/mol. The van der Waals surface area contributed by atoms with E-state index in [0.717, 1.165) is 67.2 Å². The van der Waals surface area contributed by atoms with Crippen molar-refractivity contribution in [1.82, 2.24) is 4.57 Å². The number of hydrogen-bond donors (Lipinski definition) is 0. The molecule has 5 heteroatoms. The summed E-state index contributed by atoms with van der Waals surface area (Å²) in [5, 5.41) is 7.85. The molecule has 3 heterocycles. The molecule has 2 aliphatic heterocycles. The zero-order valence-corrected chi connectivity index (χ0v) is 36.4. The van der Waals surface area contributed by atoms with Crippen LogP contribution in [0.4, 0.5) is 0 Å². The number of ether oxygens (including phenoxy) is 1. The topological polar surface area (TPSA) is 23.4 Å². The molecule has 0 N–H and O–H groups in total. The maximum Gasteiger partial charge on any atom is 0.434 e. The van der Waals surface area contributed by atoms with Gasteiger partial charge in [0.1, 0.15) is 17.2 Å². The molecule has 0 saturated heterocycles. The summed E-state index contributed by atoms with van der Waals surface area (Å²) in [6.07, 6.45) is 0. The Bertz CT molecular complexity index is 3470. The van der Waals surface area contributed by atoms with Crippen LogP contribution in [0.15, 0.2) is 243 Å². The van der Waals surface area contributed by atoms with Gasteiger partial charge in [-0.1, -0.05) is 200 Å². The van der Waals surface area contributed by atoms with Crippen molar-refractivity contribution in [2.45, 2.75) is 0 Å². The Balaban J connectivity index is 0.964. The Hall–Kier alpha value is -8.12. The molecular weight excluding hydrogens is 806 g/mol. The van der Waals surface area contributed by atoms with Crippen LogP contribution in [0.2, 0.25) is 0 Å². The molecule has 13 rings (SSSR count). The quantitative estimate of drug-likeness (QED) is 0.118. The molecule has 0 amide bonds. The SMILES string of the molecule is c1ccc([Si](c2ccccc2)(c2ccccc2)c2cccc(-c3cc4c5c(c3)-c3ccccc3OB5c3cc(-c5ccccc5-n5c6ccccc6c6ccccc65)ccc3O4)c2)cc1. The van der Waals surface area contributed by atoms with Gasteiger partial charge in [-0.15, -0.1) is 0 Å². The molecule has 3 nitrogen and oxygen atoms in total. The summed E-state index contributed by atoms with van der Waals surface area (Å²) < 4.78 is 16.5. The summed E-state index contributed by atoms with van der Waals surface area (Å²) in [5.74, 6) is 2.50. The molecule has 2 aliphatic rings.